The van der Waals surface area contributed by atoms with Gasteiger partial charge in [0.15, 0.2) is 0 Å². The molecule has 4 fully saturated rings. The highest BCUT2D eigenvalue weighted by atomic mass is 15.0. The van der Waals surface area contributed by atoms with E-state index in [9.17, 15) is 0 Å². The zero-order valence-corrected chi connectivity index (χ0v) is 15.9. The van der Waals surface area contributed by atoms with Gasteiger partial charge in [-0.25, -0.2) is 0 Å². The SMILES string of the molecule is Cc1ccc(NC2C3CC4CC(C3)C(Nc3ccc(C)cc3)C2C4)cc1. The third kappa shape index (κ3) is 2.90. The van der Waals surface area contributed by atoms with Crippen LogP contribution in [0.4, 0.5) is 11.4 Å². The maximum atomic E-state index is 3.94. The van der Waals surface area contributed by atoms with Gasteiger partial charge in [-0.05, 0) is 87.5 Å². The average molecular weight is 347 g/mol. The molecule has 4 bridgehead atoms. The molecule has 2 heteroatoms. The lowest BCUT2D eigenvalue weighted by molar-refractivity contribution is -0.00420. The standard InChI is InChI=1S/C24H30N2/c1-15-3-7-20(8-4-15)25-23-18-11-17-12-19(14-18)24(22(23)13-17)26-21-9-5-16(2)6-10-21/h3-10,17-19,22-26H,11-14H2,1-2H3. The molecule has 0 saturated heterocycles. The van der Waals surface area contributed by atoms with Crippen molar-refractivity contribution < 1.29 is 0 Å². The zero-order chi connectivity index (χ0) is 17.7. The Kier molecular flexibility index (Phi) is 3.95. The van der Waals surface area contributed by atoms with Gasteiger partial charge in [-0.2, -0.15) is 0 Å². The number of aryl methyl sites for hydroxylation is 2. The van der Waals surface area contributed by atoms with Crippen molar-refractivity contribution in [3.05, 3.63) is 59.7 Å². The minimum atomic E-state index is 0.619. The van der Waals surface area contributed by atoms with E-state index in [1.165, 1.54) is 48.2 Å². The van der Waals surface area contributed by atoms with Crippen LogP contribution < -0.4 is 10.6 Å². The molecule has 0 amide bonds. The highest BCUT2D eigenvalue weighted by Gasteiger charge is 2.53. The van der Waals surface area contributed by atoms with Gasteiger partial charge in [0.1, 0.15) is 0 Å². The Labute approximate surface area is 157 Å². The second kappa shape index (κ2) is 6.33. The topological polar surface area (TPSA) is 24.1 Å². The molecule has 2 N–H and O–H groups in total. The highest BCUT2D eigenvalue weighted by molar-refractivity contribution is 5.48. The number of anilines is 2. The van der Waals surface area contributed by atoms with Crippen molar-refractivity contribution in [2.75, 3.05) is 10.6 Å². The van der Waals surface area contributed by atoms with Crippen LogP contribution in [-0.2, 0) is 0 Å². The van der Waals surface area contributed by atoms with Crippen molar-refractivity contribution in [2.24, 2.45) is 23.7 Å². The summed E-state index contributed by atoms with van der Waals surface area (Å²) in [6.07, 6.45) is 5.65. The molecular weight excluding hydrogens is 316 g/mol. The summed E-state index contributed by atoms with van der Waals surface area (Å²) in [5, 5.41) is 7.87. The molecule has 0 heterocycles. The summed E-state index contributed by atoms with van der Waals surface area (Å²) in [5.74, 6) is 3.43. The van der Waals surface area contributed by atoms with Gasteiger partial charge in [-0.3, -0.25) is 0 Å². The monoisotopic (exact) mass is 346 g/mol. The van der Waals surface area contributed by atoms with E-state index >= 15 is 0 Å². The largest absolute Gasteiger partial charge is 0.382 e. The Morgan fingerprint density at radius 1 is 0.615 bits per heavy atom. The predicted octanol–water partition coefficient (Wildman–Crippen LogP) is 5.63. The lowest BCUT2D eigenvalue weighted by Gasteiger charge is -2.58. The Morgan fingerprint density at radius 2 is 1.08 bits per heavy atom. The third-order valence-corrected chi connectivity index (χ3v) is 7.19. The molecule has 0 aliphatic heterocycles. The molecule has 0 aromatic heterocycles. The first kappa shape index (κ1) is 16.2. The second-order valence-electron chi connectivity index (χ2n) is 9.07. The first-order valence-corrected chi connectivity index (χ1v) is 10.3. The summed E-state index contributed by atoms with van der Waals surface area (Å²) in [6, 6.07) is 19.1. The molecule has 4 saturated carbocycles. The minimum absolute atomic E-state index is 0.619. The summed E-state index contributed by atoms with van der Waals surface area (Å²) >= 11 is 0. The van der Waals surface area contributed by atoms with Gasteiger partial charge in [0.2, 0.25) is 0 Å². The molecule has 136 valence electrons. The zero-order valence-electron chi connectivity index (χ0n) is 15.9. The molecule has 4 aliphatic rings. The van der Waals surface area contributed by atoms with E-state index in [-0.39, 0.29) is 0 Å². The maximum absolute atomic E-state index is 3.94. The van der Waals surface area contributed by atoms with Crippen LogP contribution in [0.2, 0.25) is 0 Å². The van der Waals surface area contributed by atoms with Crippen molar-refractivity contribution in [3.8, 4) is 0 Å². The smallest absolute Gasteiger partial charge is 0.0342 e. The van der Waals surface area contributed by atoms with Gasteiger partial charge in [0, 0.05) is 23.5 Å². The second-order valence-corrected chi connectivity index (χ2v) is 9.07. The Balaban J connectivity index is 1.38. The van der Waals surface area contributed by atoms with E-state index in [4.69, 9.17) is 0 Å². The van der Waals surface area contributed by atoms with Crippen LogP contribution in [-0.4, -0.2) is 12.1 Å². The van der Waals surface area contributed by atoms with Gasteiger partial charge >= 0.3 is 0 Å². The van der Waals surface area contributed by atoms with Crippen molar-refractivity contribution in [1.29, 1.82) is 0 Å². The van der Waals surface area contributed by atoms with Gasteiger partial charge < -0.3 is 10.6 Å². The average Bonchev–Trinajstić information content (AvgIpc) is 2.64. The molecule has 2 aromatic rings. The number of rotatable bonds is 4. The molecule has 4 unspecified atom stereocenters. The number of nitrogens with one attached hydrogen (secondary N) is 2. The van der Waals surface area contributed by atoms with Crippen LogP contribution in [0, 0.1) is 37.5 Å². The molecular formula is C24H30N2. The van der Waals surface area contributed by atoms with E-state index in [1.807, 2.05) is 0 Å². The fourth-order valence-electron chi connectivity index (χ4n) is 6.05. The maximum Gasteiger partial charge on any atom is 0.0342 e. The normalized spacial score (nSPS) is 34.7. The van der Waals surface area contributed by atoms with E-state index < -0.39 is 0 Å². The fourth-order valence-corrected chi connectivity index (χ4v) is 6.05. The van der Waals surface area contributed by atoms with Crippen LogP contribution in [0.15, 0.2) is 48.5 Å². The van der Waals surface area contributed by atoms with Crippen molar-refractivity contribution in [3.63, 3.8) is 0 Å². The summed E-state index contributed by atoms with van der Waals surface area (Å²) in [7, 11) is 0. The minimum Gasteiger partial charge on any atom is -0.382 e. The third-order valence-electron chi connectivity index (χ3n) is 7.19. The lowest BCUT2D eigenvalue weighted by Crippen LogP contribution is -2.60. The first-order valence-electron chi connectivity index (χ1n) is 10.3. The molecule has 2 nitrogen and oxygen atoms in total. The molecule has 4 atom stereocenters. The molecule has 0 radical (unpaired) electrons. The van der Waals surface area contributed by atoms with E-state index in [0.717, 1.165) is 23.7 Å². The van der Waals surface area contributed by atoms with Gasteiger partial charge in [0.05, 0.1) is 0 Å². The first-order chi connectivity index (χ1) is 12.7. The Hall–Kier alpha value is -1.96. The quantitative estimate of drug-likeness (QED) is 0.749. The van der Waals surface area contributed by atoms with Crippen LogP contribution in [0.5, 0.6) is 0 Å². The molecule has 0 spiro atoms. The highest BCUT2D eigenvalue weighted by Crippen LogP contribution is 2.55. The summed E-state index contributed by atoms with van der Waals surface area (Å²) < 4.78 is 0. The molecule has 6 rings (SSSR count). The van der Waals surface area contributed by atoms with Crippen LogP contribution in [0.3, 0.4) is 0 Å². The van der Waals surface area contributed by atoms with Crippen molar-refractivity contribution in [1.82, 2.24) is 0 Å². The van der Waals surface area contributed by atoms with Gasteiger partial charge in [-0.15, -0.1) is 0 Å². The van der Waals surface area contributed by atoms with Crippen LogP contribution in [0.1, 0.15) is 36.8 Å². The van der Waals surface area contributed by atoms with Gasteiger partial charge in [0.25, 0.3) is 0 Å². The van der Waals surface area contributed by atoms with Crippen molar-refractivity contribution in [2.45, 2.75) is 51.6 Å². The molecule has 4 aliphatic carbocycles. The summed E-state index contributed by atoms with van der Waals surface area (Å²) in [6.45, 7) is 4.32. The summed E-state index contributed by atoms with van der Waals surface area (Å²) in [4.78, 5) is 0. The van der Waals surface area contributed by atoms with E-state index in [0.29, 0.717) is 12.1 Å². The molecule has 26 heavy (non-hydrogen) atoms. The number of benzene rings is 2. The number of hydrogen-bond acceptors (Lipinski definition) is 2. The molecule has 2 aromatic carbocycles. The van der Waals surface area contributed by atoms with Gasteiger partial charge in [-0.1, -0.05) is 35.4 Å². The number of hydrogen-bond donors (Lipinski definition) is 2. The Bertz CT molecular complexity index is 700. The predicted molar refractivity (Wildman–Crippen MR) is 110 cm³/mol. The van der Waals surface area contributed by atoms with Crippen LogP contribution in [0.25, 0.3) is 0 Å². The summed E-state index contributed by atoms with van der Waals surface area (Å²) in [5.41, 5.74) is 5.25. The lowest BCUT2D eigenvalue weighted by atomic mass is 9.52. The van der Waals surface area contributed by atoms with Crippen molar-refractivity contribution >= 4 is 11.4 Å². The van der Waals surface area contributed by atoms with E-state index in [1.54, 1.807) is 0 Å². The fraction of sp³-hybridized carbons (Fsp3) is 0.500. The van der Waals surface area contributed by atoms with E-state index in [2.05, 4.69) is 73.0 Å². The Morgan fingerprint density at radius 3 is 1.54 bits per heavy atom. The van der Waals surface area contributed by atoms with Crippen LogP contribution >= 0.6 is 0 Å².